The van der Waals surface area contributed by atoms with E-state index in [-0.39, 0.29) is 5.92 Å². The minimum Gasteiger partial charge on any atom is -0.478 e. The zero-order chi connectivity index (χ0) is 13.1. The van der Waals surface area contributed by atoms with Crippen LogP contribution in [0.15, 0.2) is 18.2 Å². The maximum atomic E-state index is 11.1. The maximum Gasteiger partial charge on any atom is 0.345 e. The highest BCUT2D eigenvalue weighted by Crippen LogP contribution is 2.26. The highest BCUT2D eigenvalue weighted by atomic mass is 16.5. The Bertz CT molecular complexity index is 437. The van der Waals surface area contributed by atoms with Crippen LogP contribution in [0.4, 0.5) is 0 Å². The second-order valence-corrected chi connectivity index (χ2v) is 5.26. The van der Waals surface area contributed by atoms with Crippen molar-refractivity contribution in [3.8, 4) is 5.75 Å². The van der Waals surface area contributed by atoms with E-state index in [9.17, 15) is 4.79 Å². The van der Waals surface area contributed by atoms with Crippen molar-refractivity contribution in [1.82, 2.24) is 0 Å². The van der Waals surface area contributed by atoms with Crippen molar-refractivity contribution in [2.24, 2.45) is 5.92 Å². The summed E-state index contributed by atoms with van der Waals surface area (Å²) in [6.07, 6.45) is 3.89. The fraction of sp³-hybridized carbons (Fsp3) is 0.533. The Labute approximate surface area is 108 Å². The van der Waals surface area contributed by atoms with Crippen molar-refractivity contribution in [2.75, 3.05) is 0 Å². The molecule has 0 amide bonds. The highest BCUT2D eigenvalue weighted by Gasteiger charge is 2.23. The molecule has 0 heterocycles. The van der Waals surface area contributed by atoms with E-state index in [2.05, 4.69) is 6.07 Å². The molecule has 1 unspecified atom stereocenters. The summed E-state index contributed by atoms with van der Waals surface area (Å²) in [5.74, 6) is -0.266. The van der Waals surface area contributed by atoms with E-state index in [1.165, 1.54) is 24.0 Å². The Morgan fingerprint density at radius 3 is 2.50 bits per heavy atom. The molecule has 98 valence electrons. The lowest BCUT2D eigenvalue weighted by molar-refractivity contribution is -0.147. The summed E-state index contributed by atoms with van der Waals surface area (Å²) < 4.78 is 5.60. The third-order valence-electron chi connectivity index (χ3n) is 3.43. The lowest BCUT2D eigenvalue weighted by atomic mass is 9.92. The van der Waals surface area contributed by atoms with E-state index < -0.39 is 12.1 Å². The van der Waals surface area contributed by atoms with Crippen molar-refractivity contribution < 1.29 is 14.6 Å². The van der Waals surface area contributed by atoms with Crippen molar-refractivity contribution in [2.45, 2.75) is 45.6 Å². The summed E-state index contributed by atoms with van der Waals surface area (Å²) in [5.41, 5.74) is 2.69. The van der Waals surface area contributed by atoms with Crippen molar-refractivity contribution in [1.29, 1.82) is 0 Å². The maximum absolute atomic E-state index is 11.1. The molecule has 0 aliphatic heterocycles. The predicted molar refractivity (Wildman–Crippen MR) is 70.0 cm³/mol. The number of ether oxygens (including phenoxy) is 1. The number of carbonyl (C=O) groups is 1. The number of benzene rings is 1. The molecule has 3 nitrogen and oxygen atoms in total. The monoisotopic (exact) mass is 248 g/mol. The van der Waals surface area contributed by atoms with E-state index in [0.29, 0.717) is 5.75 Å². The molecule has 1 aromatic rings. The summed E-state index contributed by atoms with van der Waals surface area (Å²) in [4.78, 5) is 11.1. The molecule has 0 bridgehead atoms. The second kappa shape index (κ2) is 5.42. The van der Waals surface area contributed by atoms with Crippen LogP contribution >= 0.6 is 0 Å². The van der Waals surface area contributed by atoms with Crippen LogP contribution in [-0.4, -0.2) is 17.2 Å². The van der Waals surface area contributed by atoms with Gasteiger partial charge in [-0.25, -0.2) is 4.79 Å². The predicted octanol–water partition coefficient (Wildman–Crippen LogP) is 3.05. The lowest BCUT2D eigenvalue weighted by Gasteiger charge is -2.21. The Hall–Kier alpha value is -1.51. The molecule has 0 radical (unpaired) electrons. The van der Waals surface area contributed by atoms with Gasteiger partial charge in [0.1, 0.15) is 5.75 Å². The number of rotatable bonds is 4. The molecule has 1 aromatic carbocycles. The Balaban J connectivity index is 2.16. The van der Waals surface area contributed by atoms with Gasteiger partial charge < -0.3 is 9.84 Å². The van der Waals surface area contributed by atoms with Gasteiger partial charge >= 0.3 is 5.97 Å². The molecular formula is C15H20O3. The van der Waals surface area contributed by atoms with Crippen molar-refractivity contribution in [3.63, 3.8) is 0 Å². The van der Waals surface area contributed by atoms with Gasteiger partial charge in [0.15, 0.2) is 6.10 Å². The van der Waals surface area contributed by atoms with Gasteiger partial charge in [0.05, 0.1) is 0 Å². The number of aryl methyl sites for hydroxylation is 2. The van der Waals surface area contributed by atoms with Crippen molar-refractivity contribution in [3.05, 3.63) is 29.3 Å². The molecule has 1 atom stereocenters. The molecule has 0 aromatic heterocycles. The quantitative estimate of drug-likeness (QED) is 0.890. The molecule has 3 heteroatoms. The van der Waals surface area contributed by atoms with E-state index >= 15 is 0 Å². The van der Waals surface area contributed by atoms with Crippen LogP contribution in [0.1, 0.15) is 37.8 Å². The van der Waals surface area contributed by atoms with Crippen LogP contribution < -0.4 is 4.74 Å². The van der Waals surface area contributed by atoms with E-state index in [1.54, 1.807) is 0 Å². The van der Waals surface area contributed by atoms with Crippen LogP contribution in [0.5, 0.6) is 5.75 Å². The molecule has 0 saturated carbocycles. The van der Waals surface area contributed by atoms with E-state index in [0.717, 1.165) is 12.8 Å². The van der Waals surface area contributed by atoms with Crippen LogP contribution in [-0.2, 0) is 17.6 Å². The number of fused-ring (bicyclic) bond motifs is 1. The molecule has 0 saturated heterocycles. The number of carboxylic acids is 1. The first-order valence-corrected chi connectivity index (χ1v) is 6.59. The second-order valence-electron chi connectivity index (χ2n) is 5.26. The van der Waals surface area contributed by atoms with E-state index in [1.807, 2.05) is 26.0 Å². The van der Waals surface area contributed by atoms with E-state index in [4.69, 9.17) is 9.84 Å². The Morgan fingerprint density at radius 1 is 1.22 bits per heavy atom. The molecule has 2 rings (SSSR count). The molecule has 1 aliphatic rings. The summed E-state index contributed by atoms with van der Waals surface area (Å²) in [6, 6.07) is 5.97. The SMILES string of the molecule is CC(C)C(Oc1ccc2c(c1)CCCC2)C(=O)O. The van der Waals surface area contributed by atoms with Crippen LogP contribution in [0.3, 0.4) is 0 Å². The number of aliphatic carboxylic acids is 1. The third-order valence-corrected chi connectivity index (χ3v) is 3.43. The van der Waals surface area contributed by atoms with Crippen LogP contribution in [0.25, 0.3) is 0 Å². The smallest absolute Gasteiger partial charge is 0.345 e. The highest BCUT2D eigenvalue weighted by molar-refractivity contribution is 5.73. The van der Waals surface area contributed by atoms with Gasteiger partial charge in [-0.2, -0.15) is 0 Å². The fourth-order valence-electron chi connectivity index (χ4n) is 2.40. The molecule has 0 fully saturated rings. The normalized spacial score (nSPS) is 16.2. The summed E-state index contributed by atoms with van der Waals surface area (Å²) in [6.45, 7) is 3.72. The van der Waals surface area contributed by atoms with Gasteiger partial charge in [-0.05, 0) is 48.9 Å². The van der Waals surface area contributed by atoms with Crippen molar-refractivity contribution >= 4 is 5.97 Å². The van der Waals surface area contributed by atoms with Gasteiger partial charge in [0, 0.05) is 5.92 Å². The average molecular weight is 248 g/mol. The van der Waals surface area contributed by atoms with Gasteiger partial charge in [0.2, 0.25) is 0 Å². The minimum atomic E-state index is -0.900. The minimum absolute atomic E-state index is 0.0430. The molecule has 1 N–H and O–H groups in total. The standard InChI is InChI=1S/C15H20O3/c1-10(2)14(15(16)17)18-13-8-7-11-5-3-4-6-12(11)9-13/h7-10,14H,3-6H2,1-2H3,(H,16,17). The zero-order valence-corrected chi connectivity index (χ0v) is 11.0. The van der Waals surface area contributed by atoms with Gasteiger partial charge in [-0.15, -0.1) is 0 Å². The summed E-state index contributed by atoms with van der Waals surface area (Å²) in [7, 11) is 0. The first kappa shape index (κ1) is 12.9. The van der Waals surface area contributed by atoms with Gasteiger partial charge in [0.25, 0.3) is 0 Å². The molecular weight excluding hydrogens is 228 g/mol. The summed E-state index contributed by atoms with van der Waals surface area (Å²) >= 11 is 0. The largest absolute Gasteiger partial charge is 0.478 e. The van der Waals surface area contributed by atoms with Crippen LogP contribution in [0.2, 0.25) is 0 Å². The third kappa shape index (κ3) is 2.84. The van der Waals surface area contributed by atoms with Gasteiger partial charge in [-0.1, -0.05) is 19.9 Å². The topological polar surface area (TPSA) is 46.5 Å². The number of hydrogen-bond acceptors (Lipinski definition) is 2. The number of hydrogen-bond donors (Lipinski definition) is 1. The molecule has 18 heavy (non-hydrogen) atoms. The average Bonchev–Trinajstić information content (AvgIpc) is 2.35. The lowest BCUT2D eigenvalue weighted by Crippen LogP contribution is -2.32. The first-order chi connectivity index (χ1) is 8.58. The van der Waals surface area contributed by atoms with Gasteiger partial charge in [-0.3, -0.25) is 0 Å². The molecule has 1 aliphatic carbocycles. The number of carboxylic acid groups (broad SMARTS) is 1. The fourth-order valence-corrected chi connectivity index (χ4v) is 2.40. The van der Waals surface area contributed by atoms with Crippen LogP contribution in [0, 0.1) is 5.92 Å². The summed E-state index contributed by atoms with van der Waals surface area (Å²) in [5, 5.41) is 9.12. The first-order valence-electron chi connectivity index (χ1n) is 6.59. The Morgan fingerprint density at radius 2 is 1.89 bits per heavy atom. The Kier molecular flexibility index (Phi) is 3.90. The zero-order valence-electron chi connectivity index (χ0n) is 11.0. The molecule has 0 spiro atoms.